The molecule has 9 nitrogen and oxygen atoms in total. The van der Waals surface area contributed by atoms with E-state index in [1.54, 1.807) is 0 Å². The Kier molecular flexibility index (Phi) is 9.09. The van der Waals surface area contributed by atoms with Crippen LogP contribution >= 0.6 is 11.8 Å². The number of aliphatic hydroxyl groups excluding tert-OH is 3. The Balaban J connectivity index is 1.51. The van der Waals surface area contributed by atoms with Gasteiger partial charge in [-0.25, -0.2) is 17.9 Å². The molecule has 0 saturated carbocycles. The second-order valence-corrected chi connectivity index (χ2v) is 11.7. The van der Waals surface area contributed by atoms with Crippen LogP contribution < -0.4 is 5.32 Å². The van der Waals surface area contributed by atoms with E-state index in [9.17, 15) is 46.8 Å². The molecule has 2 aliphatic rings. The first-order chi connectivity index (χ1) is 20.3. The number of ether oxygens (including phenoxy) is 1. The van der Waals surface area contributed by atoms with Crippen molar-refractivity contribution in [1.29, 1.82) is 0 Å². The number of alkyl halides is 3. The van der Waals surface area contributed by atoms with Crippen LogP contribution in [0.5, 0.6) is 0 Å². The van der Waals surface area contributed by atoms with Gasteiger partial charge < -0.3 is 30.5 Å². The van der Waals surface area contributed by atoms with E-state index in [0.29, 0.717) is 37.0 Å². The quantitative estimate of drug-likeness (QED) is 0.197. The molecular formula is C27H28F6N4O5S. The molecule has 2 aromatic carbocycles. The second-order valence-electron chi connectivity index (χ2n) is 10.5. The Morgan fingerprint density at radius 2 is 1.72 bits per heavy atom. The Bertz CT molecular complexity index is 1420. The number of nitrogens with zero attached hydrogens (tertiary/aromatic N) is 3. The van der Waals surface area contributed by atoms with Crippen LogP contribution in [0.2, 0.25) is 0 Å². The number of aromatic nitrogens is 3. The number of hydrogen-bond donors (Lipinski definition) is 5. The number of aliphatic hydroxyl groups is 4. The second kappa shape index (κ2) is 12.3. The van der Waals surface area contributed by atoms with E-state index in [0.717, 1.165) is 16.9 Å². The normalized spacial score (nSPS) is 26.8. The summed E-state index contributed by atoms with van der Waals surface area (Å²) in [5, 5.41) is 53.4. The number of rotatable bonds is 7. The van der Waals surface area contributed by atoms with Crippen LogP contribution in [0.4, 0.5) is 26.3 Å². The minimum Gasteiger partial charge on any atom is -0.394 e. The van der Waals surface area contributed by atoms with Crippen LogP contribution in [0.3, 0.4) is 0 Å². The lowest BCUT2D eigenvalue weighted by atomic mass is 9.84. The number of nitrogens with one attached hydrogen (secondary N) is 1. The summed E-state index contributed by atoms with van der Waals surface area (Å²) in [7, 11) is 0. The van der Waals surface area contributed by atoms with Gasteiger partial charge in [0.15, 0.2) is 17.5 Å². The molecule has 0 unspecified atom stereocenters. The van der Waals surface area contributed by atoms with E-state index in [-0.39, 0.29) is 29.7 Å². The van der Waals surface area contributed by atoms with Gasteiger partial charge in [-0.1, -0.05) is 23.4 Å². The maximum atomic E-state index is 14.1. The lowest BCUT2D eigenvalue weighted by Gasteiger charge is -2.46. The first kappa shape index (κ1) is 31.7. The molecule has 2 aliphatic heterocycles. The van der Waals surface area contributed by atoms with E-state index in [1.807, 2.05) is 0 Å². The molecule has 234 valence electrons. The molecule has 5 rings (SSSR count). The average Bonchev–Trinajstić information content (AvgIpc) is 3.45. The fourth-order valence-electron chi connectivity index (χ4n) is 5.48. The summed E-state index contributed by atoms with van der Waals surface area (Å²) < 4.78 is 90.1. The molecule has 3 heterocycles. The summed E-state index contributed by atoms with van der Waals surface area (Å²) in [4.78, 5) is 0. The van der Waals surface area contributed by atoms with Gasteiger partial charge in [-0.2, -0.15) is 13.2 Å². The van der Waals surface area contributed by atoms with Crippen molar-refractivity contribution in [2.24, 2.45) is 0 Å². The zero-order valence-corrected chi connectivity index (χ0v) is 23.1. The summed E-state index contributed by atoms with van der Waals surface area (Å²) in [5.41, 5.74) is -4.59. The zero-order chi connectivity index (χ0) is 31.1. The first-order valence-corrected chi connectivity index (χ1v) is 14.2. The standard InChI is InChI=1S/C27H28F6N4O5S/c28-16-9-13(10-17(29)20(16)30)18-11-37(36-35-18)21-22(39)19(12-38)42-25(23(21)40)43-24(26(41)5-7-34-8-6-26)14-3-1-2-4-15(14)27(31,32)33/h1-4,9-11,19,21-25,34,38-41H,5-8,12H2/t19-,21+,22+,23-,24-,25+/m1/s1. The summed E-state index contributed by atoms with van der Waals surface area (Å²) in [6.07, 6.45) is -8.10. The van der Waals surface area contributed by atoms with Gasteiger partial charge in [-0.3, -0.25) is 0 Å². The molecule has 43 heavy (non-hydrogen) atoms. The molecule has 2 saturated heterocycles. The molecule has 6 atom stereocenters. The third-order valence-electron chi connectivity index (χ3n) is 7.72. The third kappa shape index (κ3) is 6.27. The maximum absolute atomic E-state index is 14.1. The molecule has 0 amide bonds. The van der Waals surface area contributed by atoms with E-state index < -0.39 is 76.4 Å². The van der Waals surface area contributed by atoms with Gasteiger partial charge in [-0.15, -0.1) is 16.9 Å². The Hall–Kier alpha value is -2.73. The van der Waals surface area contributed by atoms with Crippen LogP contribution in [-0.2, 0) is 10.9 Å². The SMILES string of the molecule is OC[C@H]1O[C@@H](S[C@H](c2ccccc2C(F)(F)F)C2(O)CCNCC2)[C@H](O)[C@@H](n2cc(-c3cc(F)c(F)c(F)c3)nn2)[C@H]1O. The van der Waals surface area contributed by atoms with Gasteiger partial charge in [0.2, 0.25) is 0 Å². The van der Waals surface area contributed by atoms with Crippen molar-refractivity contribution in [2.75, 3.05) is 19.7 Å². The van der Waals surface area contributed by atoms with Crippen molar-refractivity contribution in [3.05, 3.63) is 71.2 Å². The number of benzene rings is 2. The lowest BCUT2D eigenvalue weighted by Crippen LogP contribution is -2.56. The van der Waals surface area contributed by atoms with Gasteiger partial charge in [0.05, 0.1) is 29.2 Å². The predicted molar refractivity (Wildman–Crippen MR) is 141 cm³/mol. The van der Waals surface area contributed by atoms with E-state index in [4.69, 9.17) is 4.74 Å². The van der Waals surface area contributed by atoms with Crippen LogP contribution in [0.1, 0.15) is 35.3 Å². The molecular weight excluding hydrogens is 606 g/mol. The topological polar surface area (TPSA) is 133 Å². The van der Waals surface area contributed by atoms with Crippen LogP contribution in [0.15, 0.2) is 42.6 Å². The molecule has 2 fully saturated rings. The lowest BCUT2D eigenvalue weighted by molar-refractivity contribution is -0.179. The highest BCUT2D eigenvalue weighted by Crippen LogP contribution is 2.51. The van der Waals surface area contributed by atoms with Gasteiger partial charge in [-0.05, 0) is 49.7 Å². The average molecular weight is 635 g/mol. The van der Waals surface area contributed by atoms with Gasteiger partial charge in [0.1, 0.15) is 35.5 Å². The highest BCUT2D eigenvalue weighted by Gasteiger charge is 2.51. The highest BCUT2D eigenvalue weighted by molar-refractivity contribution is 8.00. The molecule has 3 aromatic rings. The van der Waals surface area contributed by atoms with E-state index >= 15 is 0 Å². The van der Waals surface area contributed by atoms with Crippen LogP contribution in [0, 0.1) is 17.5 Å². The zero-order valence-electron chi connectivity index (χ0n) is 22.3. The van der Waals surface area contributed by atoms with Crippen molar-refractivity contribution in [3.63, 3.8) is 0 Å². The summed E-state index contributed by atoms with van der Waals surface area (Å²) in [6.45, 7) is -0.110. The number of thioether (sulfide) groups is 1. The summed E-state index contributed by atoms with van der Waals surface area (Å²) in [5.74, 6) is -4.64. The minimum absolute atomic E-state index is 0.0897. The molecule has 0 bridgehead atoms. The van der Waals surface area contributed by atoms with Gasteiger partial charge in [0, 0.05) is 5.56 Å². The molecule has 0 radical (unpaired) electrons. The van der Waals surface area contributed by atoms with Crippen molar-refractivity contribution < 1.29 is 51.5 Å². The monoisotopic (exact) mass is 634 g/mol. The number of hydrogen-bond acceptors (Lipinski definition) is 9. The Morgan fingerprint density at radius 1 is 1.07 bits per heavy atom. The van der Waals surface area contributed by atoms with Crippen LogP contribution in [0.25, 0.3) is 11.3 Å². The fraction of sp³-hybridized carbons (Fsp3) is 0.481. The molecule has 1 aromatic heterocycles. The predicted octanol–water partition coefficient (Wildman–Crippen LogP) is 2.95. The molecule has 5 N–H and O–H groups in total. The van der Waals surface area contributed by atoms with Gasteiger partial charge in [0.25, 0.3) is 0 Å². The summed E-state index contributed by atoms with van der Waals surface area (Å²) in [6, 6.07) is 4.73. The highest BCUT2D eigenvalue weighted by atomic mass is 32.2. The largest absolute Gasteiger partial charge is 0.416 e. The van der Waals surface area contributed by atoms with Crippen molar-refractivity contribution in [2.45, 2.75) is 59.7 Å². The Labute approximate surface area is 245 Å². The van der Waals surface area contributed by atoms with Gasteiger partial charge >= 0.3 is 6.18 Å². The van der Waals surface area contributed by atoms with E-state index in [1.165, 1.54) is 18.2 Å². The van der Waals surface area contributed by atoms with Crippen molar-refractivity contribution >= 4 is 11.8 Å². The molecule has 0 spiro atoms. The Morgan fingerprint density at radius 3 is 2.35 bits per heavy atom. The molecule has 16 heteroatoms. The number of piperidine rings is 1. The van der Waals surface area contributed by atoms with Crippen molar-refractivity contribution in [3.8, 4) is 11.3 Å². The fourth-order valence-corrected chi connectivity index (χ4v) is 7.12. The molecule has 0 aliphatic carbocycles. The van der Waals surface area contributed by atoms with Crippen molar-refractivity contribution in [1.82, 2.24) is 20.3 Å². The van der Waals surface area contributed by atoms with Crippen LogP contribution in [-0.4, -0.2) is 84.5 Å². The minimum atomic E-state index is -4.76. The summed E-state index contributed by atoms with van der Waals surface area (Å²) >= 11 is 0.716. The van der Waals surface area contributed by atoms with E-state index in [2.05, 4.69) is 15.6 Å². The number of halogens is 6. The smallest absolute Gasteiger partial charge is 0.394 e. The maximum Gasteiger partial charge on any atom is 0.416 e. The third-order valence-corrected chi connectivity index (χ3v) is 9.34. The first-order valence-electron chi connectivity index (χ1n) is 13.3.